The smallest absolute Gasteiger partial charge is 0.345 e. The maximum atomic E-state index is 12.2. The number of alkyl halides is 1. The Hall–Kier alpha value is -2.79. The Morgan fingerprint density at radius 3 is 2.50 bits per heavy atom. The molecule has 0 amide bonds. The minimum Gasteiger partial charge on any atom is -0.390 e. The highest BCUT2D eigenvalue weighted by molar-refractivity contribution is 6.33. The van der Waals surface area contributed by atoms with E-state index in [2.05, 4.69) is 5.32 Å². The van der Waals surface area contributed by atoms with Crippen LogP contribution in [0.5, 0.6) is 0 Å². The number of benzene rings is 2. The minimum atomic E-state index is -1.07. The molecule has 1 atom stereocenters. The van der Waals surface area contributed by atoms with Gasteiger partial charge in [-0.1, -0.05) is 36.4 Å². The molecule has 2 aromatic carbocycles. The molecule has 0 bridgehead atoms. The van der Waals surface area contributed by atoms with E-state index in [-0.39, 0.29) is 11.6 Å². The second-order valence-corrected chi connectivity index (χ2v) is 5.62. The van der Waals surface area contributed by atoms with Gasteiger partial charge in [0.1, 0.15) is 5.70 Å². The Morgan fingerprint density at radius 1 is 1.12 bits per heavy atom. The van der Waals surface area contributed by atoms with Gasteiger partial charge in [-0.15, -0.1) is 11.6 Å². The molecule has 0 saturated heterocycles. The molecule has 0 radical (unpaired) electrons. The lowest BCUT2D eigenvalue weighted by molar-refractivity contribution is -0.139. The number of ether oxygens (including phenoxy) is 2. The van der Waals surface area contributed by atoms with Crippen molar-refractivity contribution in [2.24, 2.45) is 0 Å². The molecular weight excluding hydrogens is 330 g/mol. The number of halogens is 1. The largest absolute Gasteiger partial charge is 0.390 e. The molecule has 6 heteroatoms. The van der Waals surface area contributed by atoms with Crippen LogP contribution in [0.3, 0.4) is 0 Å². The summed E-state index contributed by atoms with van der Waals surface area (Å²) in [6.07, 6.45) is 0. The Morgan fingerprint density at radius 2 is 1.79 bits per heavy atom. The first-order valence-electron chi connectivity index (χ1n) is 7.26. The highest BCUT2D eigenvalue weighted by Crippen LogP contribution is 2.29. The third-order valence-corrected chi connectivity index (χ3v) is 3.88. The van der Waals surface area contributed by atoms with E-state index in [0.717, 1.165) is 11.3 Å². The first-order valence-corrected chi connectivity index (χ1v) is 7.69. The van der Waals surface area contributed by atoms with Gasteiger partial charge in [-0.25, -0.2) is 9.59 Å². The Kier molecular flexibility index (Phi) is 4.53. The minimum absolute atomic E-state index is 0.209. The van der Waals surface area contributed by atoms with E-state index in [0.29, 0.717) is 5.56 Å². The third kappa shape index (κ3) is 3.26. The monoisotopic (exact) mass is 343 g/mol. The van der Waals surface area contributed by atoms with Crippen LogP contribution in [0.15, 0.2) is 66.2 Å². The number of rotatable bonds is 4. The van der Waals surface area contributed by atoms with Crippen LogP contribution in [0.1, 0.15) is 15.9 Å². The van der Waals surface area contributed by atoms with Crippen LogP contribution in [-0.2, 0) is 14.3 Å². The van der Waals surface area contributed by atoms with Crippen molar-refractivity contribution in [1.82, 2.24) is 0 Å². The normalized spacial score (nSPS) is 16.8. The lowest BCUT2D eigenvalue weighted by Crippen LogP contribution is -2.16. The lowest BCUT2D eigenvalue weighted by Gasteiger charge is -2.11. The van der Waals surface area contributed by atoms with Crippen molar-refractivity contribution in [1.29, 1.82) is 0 Å². The first-order chi connectivity index (χ1) is 11.6. The number of para-hydroxylation sites is 1. The summed E-state index contributed by atoms with van der Waals surface area (Å²) < 4.78 is 10.2. The van der Waals surface area contributed by atoms with Crippen molar-refractivity contribution in [2.75, 3.05) is 5.32 Å². The van der Waals surface area contributed by atoms with Crippen LogP contribution in [0, 0.1) is 6.92 Å². The first kappa shape index (κ1) is 16.1. The number of cyclic esters (lactones) is 1. The summed E-state index contributed by atoms with van der Waals surface area (Å²) in [4.78, 5) is 23.9. The molecule has 122 valence electrons. The van der Waals surface area contributed by atoms with E-state index < -0.39 is 17.3 Å². The molecule has 0 saturated carbocycles. The molecule has 1 N–H and O–H groups in total. The summed E-state index contributed by atoms with van der Waals surface area (Å²) in [5, 5.41) is 1.95. The molecule has 0 aromatic heterocycles. The molecule has 0 spiro atoms. The molecule has 0 aliphatic carbocycles. The standard InChI is InChI=1S/C18H14ClNO4/c1-11-7-5-6-10-13(11)20-15-14(19)17(22)24-18(15)23-16(21)12-8-3-2-4-9-12/h2-10,14,20H,1H3. The average molecular weight is 344 g/mol. The van der Waals surface area contributed by atoms with Gasteiger partial charge in [0.2, 0.25) is 0 Å². The Labute approximate surface area is 143 Å². The highest BCUT2D eigenvalue weighted by atomic mass is 35.5. The summed E-state index contributed by atoms with van der Waals surface area (Å²) >= 11 is 6.07. The molecule has 0 fully saturated rings. The third-order valence-electron chi connectivity index (χ3n) is 3.48. The molecule has 3 rings (SSSR count). The molecule has 5 nitrogen and oxygen atoms in total. The van der Waals surface area contributed by atoms with Crippen LogP contribution in [0.25, 0.3) is 0 Å². The van der Waals surface area contributed by atoms with E-state index in [1.54, 1.807) is 30.3 Å². The van der Waals surface area contributed by atoms with E-state index >= 15 is 0 Å². The van der Waals surface area contributed by atoms with Crippen molar-refractivity contribution in [2.45, 2.75) is 12.3 Å². The fourth-order valence-electron chi connectivity index (χ4n) is 2.19. The summed E-state index contributed by atoms with van der Waals surface area (Å²) in [6, 6.07) is 15.9. The number of anilines is 1. The number of nitrogens with one attached hydrogen (secondary N) is 1. The number of hydrogen-bond donors (Lipinski definition) is 1. The second-order valence-electron chi connectivity index (χ2n) is 5.18. The van der Waals surface area contributed by atoms with Gasteiger partial charge in [0.15, 0.2) is 5.38 Å². The van der Waals surface area contributed by atoms with Gasteiger partial charge in [-0.2, -0.15) is 0 Å². The van der Waals surface area contributed by atoms with Crippen LogP contribution >= 0.6 is 11.6 Å². The average Bonchev–Trinajstić information content (AvgIpc) is 2.85. The van der Waals surface area contributed by atoms with E-state index in [1.807, 2.05) is 31.2 Å². The maximum Gasteiger partial charge on any atom is 0.345 e. The fraction of sp³-hybridized carbons (Fsp3) is 0.111. The van der Waals surface area contributed by atoms with Crippen LogP contribution in [0.2, 0.25) is 0 Å². The van der Waals surface area contributed by atoms with Crippen molar-refractivity contribution in [3.05, 3.63) is 77.4 Å². The van der Waals surface area contributed by atoms with Gasteiger partial charge in [0.25, 0.3) is 0 Å². The molecule has 24 heavy (non-hydrogen) atoms. The van der Waals surface area contributed by atoms with Gasteiger partial charge >= 0.3 is 17.9 Å². The zero-order chi connectivity index (χ0) is 17.1. The van der Waals surface area contributed by atoms with Crippen molar-refractivity contribution in [3.8, 4) is 0 Å². The zero-order valence-electron chi connectivity index (χ0n) is 12.8. The molecular formula is C18H14ClNO4. The second kappa shape index (κ2) is 6.76. The van der Waals surface area contributed by atoms with Crippen molar-refractivity contribution < 1.29 is 19.1 Å². The van der Waals surface area contributed by atoms with Gasteiger partial charge in [0, 0.05) is 5.69 Å². The summed E-state index contributed by atoms with van der Waals surface area (Å²) in [5.41, 5.74) is 2.24. The van der Waals surface area contributed by atoms with Gasteiger partial charge < -0.3 is 14.8 Å². The predicted octanol–water partition coefficient (Wildman–Crippen LogP) is 3.60. The maximum absolute atomic E-state index is 12.2. The van der Waals surface area contributed by atoms with Crippen LogP contribution in [0.4, 0.5) is 5.69 Å². The molecule has 1 aliphatic rings. The zero-order valence-corrected chi connectivity index (χ0v) is 13.5. The van der Waals surface area contributed by atoms with Crippen molar-refractivity contribution >= 4 is 29.2 Å². The van der Waals surface area contributed by atoms with E-state index in [4.69, 9.17) is 21.1 Å². The molecule has 2 aromatic rings. The topological polar surface area (TPSA) is 64.6 Å². The van der Waals surface area contributed by atoms with Crippen LogP contribution < -0.4 is 5.32 Å². The SMILES string of the molecule is Cc1ccccc1NC1=C(OC(=O)c2ccccc2)OC(=O)C1Cl. The van der Waals surface area contributed by atoms with Crippen LogP contribution in [-0.4, -0.2) is 17.3 Å². The summed E-state index contributed by atoms with van der Waals surface area (Å²) in [5.74, 6) is -1.55. The van der Waals surface area contributed by atoms with E-state index in [9.17, 15) is 9.59 Å². The quantitative estimate of drug-likeness (QED) is 0.678. The Bertz CT molecular complexity index is 817. The number of carbonyl (C=O) groups excluding carboxylic acids is 2. The molecule has 1 unspecified atom stereocenters. The fourth-order valence-corrected chi connectivity index (χ4v) is 2.37. The van der Waals surface area contributed by atoms with Crippen molar-refractivity contribution in [3.63, 3.8) is 0 Å². The summed E-state index contributed by atoms with van der Waals surface area (Å²) in [7, 11) is 0. The van der Waals surface area contributed by atoms with E-state index in [1.165, 1.54) is 0 Å². The predicted molar refractivity (Wildman–Crippen MR) is 89.4 cm³/mol. The van der Waals surface area contributed by atoms with Gasteiger partial charge in [-0.05, 0) is 30.7 Å². The lowest BCUT2D eigenvalue weighted by atomic mass is 10.2. The number of hydrogen-bond acceptors (Lipinski definition) is 5. The number of aryl methyl sites for hydroxylation is 1. The summed E-state index contributed by atoms with van der Waals surface area (Å²) in [6.45, 7) is 1.90. The molecule has 1 heterocycles. The van der Waals surface area contributed by atoms with Gasteiger partial charge in [-0.3, -0.25) is 0 Å². The Balaban J connectivity index is 1.87. The molecule has 1 aliphatic heterocycles. The highest BCUT2D eigenvalue weighted by Gasteiger charge is 2.37. The number of carbonyl (C=O) groups is 2. The number of esters is 2. The van der Waals surface area contributed by atoms with Gasteiger partial charge in [0.05, 0.1) is 5.56 Å².